The molecular weight excluding hydrogens is 600 g/mol. The molecule has 7 nitrogen and oxygen atoms in total. The Morgan fingerprint density at radius 3 is 1.98 bits per heavy atom. The number of anilines is 2. The first-order valence-corrected chi connectivity index (χ1v) is 15.7. The monoisotopic (exact) mass is 638 g/mol. The van der Waals surface area contributed by atoms with Gasteiger partial charge < -0.3 is 20.5 Å². The van der Waals surface area contributed by atoms with Crippen LogP contribution in [0, 0.1) is 39.5 Å². The van der Waals surface area contributed by atoms with E-state index in [2.05, 4.69) is 10.6 Å². The van der Waals surface area contributed by atoms with Crippen molar-refractivity contribution in [1.29, 1.82) is 0 Å². The van der Waals surface area contributed by atoms with Gasteiger partial charge in [0.2, 0.25) is 11.8 Å². The fraction of sp³-hybridized carbons (Fsp3) is 0.289. The number of aliphatic hydroxyl groups is 1. The highest BCUT2D eigenvalue weighted by Gasteiger charge is 2.56. The van der Waals surface area contributed by atoms with E-state index in [1.54, 1.807) is 36.4 Å². The topological polar surface area (TPSA) is 105 Å². The average molecular weight is 639 g/mol. The Hall–Kier alpha value is -4.46. The first-order valence-electron chi connectivity index (χ1n) is 15.3. The van der Waals surface area contributed by atoms with E-state index >= 15 is 0 Å². The number of hydrogen-bond acceptors (Lipinski definition) is 5. The van der Waals surface area contributed by atoms with Gasteiger partial charge in [-0.05, 0) is 81.6 Å². The van der Waals surface area contributed by atoms with E-state index in [1.807, 2.05) is 76.2 Å². The number of carbonyl (C=O) groups excluding carboxylic acids is 3. The molecule has 4 aromatic rings. The number of rotatable bonds is 8. The summed E-state index contributed by atoms with van der Waals surface area (Å²) in [7, 11) is 0. The molecule has 1 aliphatic carbocycles. The van der Waals surface area contributed by atoms with Gasteiger partial charge in [0, 0.05) is 34.3 Å². The van der Waals surface area contributed by atoms with Crippen LogP contribution in [0.4, 0.5) is 11.4 Å². The van der Waals surface area contributed by atoms with Crippen molar-refractivity contribution in [3.05, 3.63) is 123 Å². The summed E-state index contributed by atoms with van der Waals surface area (Å²) in [5, 5.41) is 18.2. The van der Waals surface area contributed by atoms with Crippen LogP contribution in [0.15, 0.2) is 84.9 Å². The first-order chi connectivity index (χ1) is 21.8. The molecule has 0 radical (unpaired) electrons. The third-order valence-corrected chi connectivity index (χ3v) is 9.10. The highest BCUT2D eigenvalue weighted by atomic mass is 35.5. The minimum atomic E-state index is -1.72. The van der Waals surface area contributed by atoms with Gasteiger partial charge in [-0.3, -0.25) is 14.4 Å². The molecule has 0 aromatic heterocycles. The third-order valence-electron chi connectivity index (χ3n) is 8.73. The zero-order valence-electron chi connectivity index (χ0n) is 26.7. The van der Waals surface area contributed by atoms with Crippen LogP contribution in [0.25, 0.3) is 0 Å². The fourth-order valence-corrected chi connectivity index (χ4v) is 6.57. The summed E-state index contributed by atoms with van der Waals surface area (Å²) in [5.41, 5.74) is 4.64. The van der Waals surface area contributed by atoms with Crippen molar-refractivity contribution in [2.45, 2.75) is 59.2 Å². The molecule has 8 heteroatoms. The highest BCUT2D eigenvalue weighted by Crippen LogP contribution is 2.47. The van der Waals surface area contributed by atoms with Gasteiger partial charge in [0.15, 0.2) is 0 Å². The molecule has 0 saturated heterocycles. The molecule has 4 atom stereocenters. The van der Waals surface area contributed by atoms with E-state index in [4.69, 9.17) is 16.3 Å². The molecule has 0 heterocycles. The summed E-state index contributed by atoms with van der Waals surface area (Å²) in [6.45, 7) is 9.44. The van der Waals surface area contributed by atoms with Crippen molar-refractivity contribution in [3.8, 4) is 5.75 Å². The lowest BCUT2D eigenvalue weighted by Crippen LogP contribution is -2.56. The number of aryl methyl sites for hydroxylation is 4. The quantitative estimate of drug-likeness (QED) is 0.174. The van der Waals surface area contributed by atoms with Crippen molar-refractivity contribution >= 4 is 40.6 Å². The van der Waals surface area contributed by atoms with Gasteiger partial charge in [-0.1, -0.05) is 77.3 Å². The molecule has 0 spiro atoms. The van der Waals surface area contributed by atoms with Crippen molar-refractivity contribution < 1.29 is 24.2 Å². The van der Waals surface area contributed by atoms with Gasteiger partial charge in [0.25, 0.3) is 0 Å². The minimum Gasteiger partial charge on any atom is -0.489 e. The van der Waals surface area contributed by atoms with Crippen LogP contribution in [0.3, 0.4) is 0 Å². The van der Waals surface area contributed by atoms with Crippen molar-refractivity contribution in [1.82, 2.24) is 0 Å². The molecular formula is C38H39ClN2O5. The molecule has 5 rings (SSSR count). The predicted octanol–water partition coefficient (Wildman–Crippen LogP) is 7.47. The first kappa shape index (κ1) is 32.9. The molecule has 0 aliphatic heterocycles. The molecule has 4 aromatic carbocycles. The summed E-state index contributed by atoms with van der Waals surface area (Å²) in [6, 6.07) is 25.7. The third kappa shape index (κ3) is 7.16. The SMILES string of the molecule is Cc1ccc(NC(=O)C2C(=O)CC(C)(O)C(C(=O)Nc3ccc(C)cc3C)C2c2ccc(OCc3ccccc3Cl)cc2)c(C)c1. The maximum Gasteiger partial charge on any atom is 0.235 e. The summed E-state index contributed by atoms with van der Waals surface area (Å²) >= 11 is 6.29. The Morgan fingerprint density at radius 2 is 1.41 bits per heavy atom. The second kappa shape index (κ2) is 13.5. The normalized spacial score (nSPS) is 21.0. The van der Waals surface area contributed by atoms with Crippen LogP contribution < -0.4 is 15.4 Å². The number of nitrogens with one attached hydrogen (secondary N) is 2. The summed E-state index contributed by atoms with van der Waals surface area (Å²) in [4.78, 5) is 41.9. The van der Waals surface area contributed by atoms with Crippen molar-refractivity contribution in [3.63, 3.8) is 0 Å². The number of Topliss-reactive ketones (excluding diaryl/α,β-unsaturated/α-hetero) is 1. The molecule has 238 valence electrons. The highest BCUT2D eigenvalue weighted by molar-refractivity contribution is 6.31. The van der Waals surface area contributed by atoms with E-state index < -0.39 is 41.0 Å². The predicted molar refractivity (Wildman–Crippen MR) is 181 cm³/mol. The zero-order chi connectivity index (χ0) is 33.2. The van der Waals surface area contributed by atoms with Crippen LogP contribution in [-0.4, -0.2) is 28.3 Å². The Labute approximate surface area is 275 Å². The second-order valence-corrected chi connectivity index (χ2v) is 13.0. The molecule has 4 unspecified atom stereocenters. The van der Waals surface area contributed by atoms with Gasteiger partial charge in [-0.15, -0.1) is 0 Å². The average Bonchev–Trinajstić information content (AvgIpc) is 2.99. The number of hydrogen-bond donors (Lipinski definition) is 3. The molecule has 1 fully saturated rings. The van der Waals surface area contributed by atoms with Gasteiger partial charge in [0.05, 0.1) is 11.5 Å². The maximum atomic E-state index is 14.1. The number of ketones is 1. The molecule has 0 bridgehead atoms. The number of amides is 2. The second-order valence-electron chi connectivity index (χ2n) is 12.5. The molecule has 3 N–H and O–H groups in total. The van der Waals surface area contributed by atoms with Crippen LogP contribution >= 0.6 is 11.6 Å². The summed E-state index contributed by atoms with van der Waals surface area (Å²) in [6.07, 6.45) is -0.349. The number of carbonyl (C=O) groups is 3. The van der Waals surface area contributed by atoms with E-state index in [0.717, 1.165) is 27.8 Å². The lowest BCUT2D eigenvalue weighted by atomic mass is 9.61. The molecule has 1 aliphatic rings. The van der Waals surface area contributed by atoms with E-state index in [9.17, 15) is 19.5 Å². The van der Waals surface area contributed by atoms with E-state index in [1.165, 1.54) is 6.92 Å². The number of benzene rings is 4. The fourth-order valence-electron chi connectivity index (χ4n) is 6.38. The lowest BCUT2D eigenvalue weighted by Gasteiger charge is -2.44. The van der Waals surface area contributed by atoms with Crippen LogP contribution in [0.2, 0.25) is 5.02 Å². The van der Waals surface area contributed by atoms with E-state index in [0.29, 0.717) is 27.7 Å². The number of ether oxygens (including phenoxy) is 1. The Bertz CT molecular complexity index is 1780. The summed E-state index contributed by atoms with van der Waals surface area (Å²) < 4.78 is 5.97. The van der Waals surface area contributed by atoms with E-state index in [-0.39, 0.29) is 13.0 Å². The van der Waals surface area contributed by atoms with Crippen LogP contribution in [0.1, 0.15) is 52.6 Å². The van der Waals surface area contributed by atoms with Crippen LogP contribution in [0.5, 0.6) is 5.75 Å². The van der Waals surface area contributed by atoms with Crippen LogP contribution in [-0.2, 0) is 21.0 Å². The van der Waals surface area contributed by atoms with Gasteiger partial charge in [0.1, 0.15) is 24.1 Å². The zero-order valence-corrected chi connectivity index (χ0v) is 27.4. The Balaban J connectivity index is 1.52. The summed E-state index contributed by atoms with van der Waals surface area (Å²) in [5.74, 6) is -4.22. The van der Waals surface area contributed by atoms with Crippen molar-refractivity contribution in [2.75, 3.05) is 10.6 Å². The molecule has 2 amide bonds. The molecule has 46 heavy (non-hydrogen) atoms. The standard InChI is InChI=1S/C38H39ClN2O5/c1-22-10-16-30(24(3)18-22)40-36(43)34-32(42)20-38(5,45)35(37(44)41-31-17-11-23(2)19-25(31)4)33(34)26-12-14-28(15-13-26)46-21-27-8-6-7-9-29(27)39/h6-19,33-35,45H,20-21H2,1-5H3,(H,40,43)(H,41,44). The lowest BCUT2D eigenvalue weighted by molar-refractivity contribution is -0.150. The smallest absolute Gasteiger partial charge is 0.235 e. The van der Waals surface area contributed by atoms with Crippen molar-refractivity contribution in [2.24, 2.45) is 11.8 Å². The molecule has 1 saturated carbocycles. The van der Waals surface area contributed by atoms with Gasteiger partial charge >= 0.3 is 0 Å². The number of halogens is 1. The Kier molecular flexibility index (Phi) is 9.66. The minimum absolute atomic E-state index is 0.248. The van der Waals surface area contributed by atoms with Gasteiger partial charge in [-0.2, -0.15) is 0 Å². The largest absolute Gasteiger partial charge is 0.489 e. The Morgan fingerprint density at radius 1 is 0.848 bits per heavy atom. The van der Waals surface area contributed by atoms with Gasteiger partial charge in [-0.25, -0.2) is 0 Å². The maximum absolute atomic E-state index is 14.1.